The molecule has 5 nitrogen and oxygen atoms in total. The van der Waals surface area contributed by atoms with Crippen molar-refractivity contribution in [1.29, 1.82) is 0 Å². The number of benzene rings is 1. The predicted molar refractivity (Wildman–Crippen MR) is 78.9 cm³/mol. The fraction of sp³-hybridized carbons (Fsp3) is 0.562. The number of aliphatic hydroxyl groups excluding tert-OH is 1. The summed E-state index contributed by atoms with van der Waals surface area (Å²) in [5.41, 5.74) is 0.109. The van der Waals surface area contributed by atoms with Crippen LogP contribution in [0.15, 0.2) is 24.3 Å². The lowest BCUT2D eigenvalue weighted by Gasteiger charge is -2.31. The third-order valence-corrected chi connectivity index (χ3v) is 3.23. The second kappa shape index (κ2) is 7.31. The van der Waals surface area contributed by atoms with Crippen LogP contribution in [0, 0.1) is 5.41 Å². The van der Waals surface area contributed by atoms with E-state index >= 15 is 0 Å². The molecule has 0 radical (unpaired) electrons. The minimum atomic E-state index is -0.853. The minimum Gasteiger partial charge on any atom is -0.508 e. The molecule has 1 aromatic rings. The van der Waals surface area contributed by atoms with Crippen molar-refractivity contribution in [3.8, 4) is 5.75 Å². The van der Waals surface area contributed by atoms with Crippen LogP contribution >= 0.6 is 0 Å². The van der Waals surface area contributed by atoms with E-state index in [4.69, 9.17) is 9.47 Å². The molecule has 21 heavy (non-hydrogen) atoms. The highest BCUT2D eigenvalue weighted by Gasteiger charge is 2.32. The summed E-state index contributed by atoms with van der Waals surface area (Å²) in [6.07, 6.45) is -1.76. The molecule has 5 heteroatoms. The van der Waals surface area contributed by atoms with Crippen LogP contribution in [-0.4, -0.2) is 28.6 Å². The summed E-state index contributed by atoms with van der Waals surface area (Å²) in [6.45, 7) is 7.37. The van der Waals surface area contributed by atoms with Gasteiger partial charge in [-0.25, -0.2) is 4.79 Å². The van der Waals surface area contributed by atoms with Gasteiger partial charge < -0.3 is 19.7 Å². The predicted octanol–water partition coefficient (Wildman–Crippen LogP) is 3.23. The van der Waals surface area contributed by atoms with E-state index in [0.29, 0.717) is 12.0 Å². The van der Waals surface area contributed by atoms with Gasteiger partial charge in [-0.05, 0) is 17.9 Å². The van der Waals surface area contributed by atoms with Crippen molar-refractivity contribution < 1.29 is 24.5 Å². The first kappa shape index (κ1) is 17.3. The highest BCUT2D eigenvalue weighted by molar-refractivity contribution is 5.60. The Morgan fingerprint density at radius 3 is 2.43 bits per heavy atom. The standard InChI is InChI=1S/C16H24O5/c1-5-13(14(18)16(2,3)4)21-15(19)20-10-11-8-6-7-9-12(11)17/h6-9,13-14,17-18H,5,10H2,1-4H3/t13-,14+/m0/s1. The topological polar surface area (TPSA) is 76.0 Å². The number of phenols is 1. The van der Waals surface area contributed by atoms with Gasteiger partial charge in [0.25, 0.3) is 0 Å². The van der Waals surface area contributed by atoms with Gasteiger partial charge >= 0.3 is 6.16 Å². The number of aromatic hydroxyl groups is 1. The molecule has 1 rings (SSSR count). The molecule has 118 valence electrons. The van der Waals surface area contributed by atoms with E-state index in [2.05, 4.69) is 0 Å². The molecule has 0 saturated carbocycles. The average molecular weight is 296 g/mol. The highest BCUT2D eigenvalue weighted by Crippen LogP contribution is 2.25. The Kier molecular flexibility index (Phi) is 6.03. The third kappa shape index (κ3) is 5.27. The van der Waals surface area contributed by atoms with Crippen molar-refractivity contribution in [3.63, 3.8) is 0 Å². The second-order valence-electron chi connectivity index (χ2n) is 6.04. The maximum atomic E-state index is 11.7. The number of phenolic OH excluding ortho intramolecular Hbond substituents is 1. The van der Waals surface area contributed by atoms with Gasteiger partial charge in [-0.3, -0.25) is 0 Å². The number of para-hydroxylation sites is 1. The zero-order valence-corrected chi connectivity index (χ0v) is 13.0. The van der Waals surface area contributed by atoms with Crippen LogP contribution in [0.2, 0.25) is 0 Å². The quantitative estimate of drug-likeness (QED) is 0.816. The van der Waals surface area contributed by atoms with Crippen LogP contribution in [0.4, 0.5) is 4.79 Å². The van der Waals surface area contributed by atoms with Crippen LogP contribution in [-0.2, 0) is 16.1 Å². The van der Waals surface area contributed by atoms with E-state index in [1.165, 1.54) is 6.07 Å². The SMILES string of the molecule is CC[C@H](OC(=O)OCc1ccccc1O)[C@@H](O)C(C)(C)C. The third-order valence-electron chi connectivity index (χ3n) is 3.23. The maximum Gasteiger partial charge on any atom is 0.508 e. The van der Waals surface area contributed by atoms with Gasteiger partial charge in [-0.15, -0.1) is 0 Å². The number of hydrogen-bond donors (Lipinski definition) is 2. The molecule has 0 bridgehead atoms. The molecule has 0 spiro atoms. The summed E-state index contributed by atoms with van der Waals surface area (Å²) < 4.78 is 10.1. The molecule has 0 saturated heterocycles. The first-order valence-electron chi connectivity index (χ1n) is 7.04. The monoisotopic (exact) mass is 296 g/mol. The van der Waals surface area contributed by atoms with Crippen molar-refractivity contribution in [3.05, 3.63) is 29.8 Å². The Hall–Kier alpha value is -1.75. The summed E-state index contributed by atoms with van der Waals surface area (Å²) >= 11 is 0. The number of ether oxygens (including phenoxy) is 2. The molecule has 0 aromatic heterocycles. The first-order valence-corrected chi connectivity index (χ1v) is 7.04. The van der Waals surface area contributed by atoms with Crippen molar-refractivity contribution in [2.75, 3.05) is 0 Å². The molecular formula is C16H24O5. The summed E-state index contributed by atoms with van der Waals surface area (Å²) in [5, 5.41) is 19.7. The molecule has 0 aliphatic heterocycles. The van der Waals surface area contributed by atoms with E-state index in [1.54, 1.807) is 18.2 Å². The van der Waals surface area contributed by atoms with Crippen LogP contribution in [0.5, 0.6) is 5.75 Å². The number of carbonyl (C=O) groups excluding carboxylic acids is 1. The summed E-state index contributed by atoms with van der Waals surface area (Å²) in [7, 11) is 0. The highest BCUT2D eigenvalue weighted by atomic mass is 16.7. The lowest BCUT2D eigenvalue weighted by Crippen LogP contribution is -2.40. The van der Waals surface area contributed by atoms with Crippen LogP contribution in [0.25, 0.3) is 0 Å². The smallest absolute Gasteiger partial charge is 0.508 e. The number of carbonyl (C=O) groups is 1. The van der Waals surface area contributed by atoms with Crippen molar-refractivity contribution in [1.82, 2.24) is 0 Å². The molecule has 0 heterocycles. The summed E-state index contributed by atoms with van der Waals surface area (Å²) in [4.78, 5) is 11.7. The molecule has 2 N–H and O–H groups in total. The van der Waals surface area contributed by atoms with E-state index in [9.17, 15) is 15.0 Å². The summed E-state index contributed by atoms with van der Waals surface area (Å²) in [6, 6.07) is 6.60. The molecule has 2 atom stereocenters. The van der Waals surface area contributed by atoms with E-state index in [0.717, 1.165) is 0 Å². The van der Waals surface area contributed by atoms with E-state index in [1.807, 2.05) is 27.7 Å². The Morgan fingerprint density at radius 2 is 1.90 bits per heavy atom. The molecule has 0 aliphatic carbocycles. The Labute approximate surface area is 125 Å². The summed E-state index contributed by atoms with van der Waals surface area (Å²) in [5.74, 6) is 0.0621. The van der Waals surface area contributed by atoms with Gasteiger partial charge in [0.05, 0.1) is 6.10 Å². The molecule has 0 unspecified atom stereocenters. The Bertz CT molecular complexity index is 464. The molecular weight excluding hydrogens is 272 g/mol. The van der Waals surface area contributed by atoms with Gasteiger partial charge in [0, 0.05) is 5.56 Å². The fourth-order valence-electron chi connectivity index (χ4n) is 1.86. The van der Waals surface area contributed by atoms with Crippen molar-refractivity contribution in [2.45, 2.75) is 52.9 Å². The van der Waals surface area contributed by atoms with Crippen molar-refractivity contribution in [2.24, 2.45) is 5.41 Å². The number of rotatable bonds is 5. The van der Waals surface area contributed by atoms with Gasteiger partial charge in [0.1, 0.15) is 18.5 Å². The first-order chi connectivity index (χ1) is 9.75. The molecule has 0 fully saturated rings. The zero-order chi connectivity index (χ0) is 16.0. The lowest BCUT2D eigenvalue weighted by molar-refractivity contribution is -0.0729. The normalized spacial score (nSPS) is 14.3. The minimum absolute atomic E-state index is 0.0621. The Balaban J connectivity index is 2.54. The fourth-order valence-corrected chi connectivity index (χ4v) is 1.86. The molecule has 0 aliphatic rings. The van der Waals surface area contributed by atoms with Crippen LogP contribution in [0.3, 0.4) is 0 Å². The van der Waals surface area contributed by atoms with Crippen LogP contribution < -0.4 is 0 Å². The average Bonchev–Trinajstić information content (AvgIpc) is 2.42. The van der Waals surface area contributed by atoms with E-state index in [-0.39, 0.29) is 12.4 Å². The van der Waals surface area contributed by atoms with Crippen molar-refractivity contribution >= 4 is 6.16 Å². The molecule has 0 amide bonds. The number of hydrogen-bond acceptors (Lipinski definition) is 5. The van der Waals surface area contributed by atoms with Gasteiger partial charge in [0.15, 0.2) is 0 Å². The second-order valence-corrected chi connectivity index (χ2v) is 6.04. The Morgan fingerprint density at radius 1 is 1.29 bits per heavy atom. The maximum absolute atomic E-state index is 11.7. The zero-order valence-electron chi connectivity index (χ0n) is 13.0. The molecule has 1 aromatic carbocycles. The van der Waals surface area contributed by atoms with Crippen LogP contribution in [0.1, 0.15) is 39.7 Å². The van der Waals surface area contributed by atoms with Gasteiger partial charge in [-0.1, -0.05) is 45.9 Å². The van der Waals surface area contributed by atoms with Gasteiger partial charge in [0.2, 0.25) is 0 Å². The van der Waals surface area contributed by atoms with E-state index < -0.39 is 23.8 Å². The van der Waals surface area contributed by atoms with Gasteiger partial charge in [-0.2, -0.15) is 0 Å². The lowest BCUT2D eigenvalue weighted by atomic mass is 9.85. The number of aliphatic hydroxyl groups is 1. The largest absolute Gasteiger partial charge is 0.508 e.